The minimum absolute atomic E-state index is 0.192. The normalized spacial score (nSPS) is 23.8. The Labute approximate surface area is 146 Å². The molecule has 0 unspecified atom stereocenters. The number of nitrogens with one attached hydrogen (secondary N) is 1. The highest BCUT2D eigenvalue weighted by Gasteiger charge is 2.36. The van der Waals surface area contributed by atoms with Gasteiger partial charge in [-0.1, -0.05) is 28.1 Å². The molecule has 0 aromatic heterocycles. The topological polar surface area (TPSA) is 52.6 Å². The molecule has 1 aromatic rings. The lowest BCUT2D eigenvalue weighted by molar-refractivity contribution is -0.139. The molecule has 0 atom stereocenters. The van der Waals surface area contributed by atoms with Gasteiger partial charge < -0.3 is 10.4 Å². The fourth-order valence-corrected chi connectivity index (χ4v) is 3.88. The van der Waals surface area contributed by atoms with Crippen molar-refractivity contribution in [2.45, 2.75) is 51.2 Å². The number of nitrogens with zero attached hydrogens (tertiary/aromatic N) is 1. The summed E-state index contributed by atoms with van der Waals surface area (Å²) < 4.78 is 1.15. The number of carboxylic acids is 1. The first-order valence-corrected chi connectivity index (χ1v) is 9.25. The highest BCUT2D eigenvalue weighted by molar-refractivity contribution is 9.10. The van der Waals surface area contributed by atoms with Gasteiger partial charge in [0, 0.05) is 29.6 Å². The first-order valence-electron chi connectivity index (χ1n) is 8.45. The van der Waals surface area contributed by atoms with Crippen LogP contribution in [0.2, 0.25) is 0 Å². The molecular weight excluding hydrogens is 356 g/mol. The molecule has 0 heterocycles. The van der Waals surface area contributed by atoms with Gasteiger partial charge >= 0.3 is 5.97 Å². The molecule has 0 aliphatic heterocycles. The third kappa shape index (κ3) is 4.78. The van der Waals surface area contributed by atoms with Gasteiger partial charge in [-0.25, -0.2) is 0 Å². The predicted octanol–water partition coefficient (Wildman–Crippen LogP) is 3.17. The van der Waals surface area contributed by atoms with Crippen molar-refractivity contribution in [1.29, 1.82) is 0 Å². The van der Waals surface area contributed by atoms with Crippen molar-refractivity contribution in [2.24, 2.45) is 5.92 Å². The van der Waals surface area contributed by atoms with E-state index in [2.05, 4.69) is 51.3 Å². The quantitative estimate of drug-likeness (QED) is 0.726. The predicted molar refractivity (Wildman–Crippen MR) is 94.5 cm³/mol. The van der Waals surface area contributed by atoms with Crippen LogP contribution in [0.1, 0.15) is 36.8 Å². The van der Waals surface area contributed by atoms with Crippen molar-refractivity contribution >= 4 is 21.9 Å². The van der Waals surface area contributed by atoms with Crippen LogP contribution in [-0.2, 0) is 11.3 Å². The first-order chi connectivity index (χ1) is 11.0. The molecule has 0 amide bonds. The van der Waals surface area contributed by atoms with E-state index in [0.717, 1.165) is 36.3 Å². The number of carbonyl (C=O) groups is 1. The van der Waals surface area contributed by atoms with Crippen molar-refractivity contribution in [3.8, 4) is 0 Å². The summed E-state index contributed by atoms with van der Waals surface area (Å²) >= 11 is 3.62. The summed E-state index contributed by atoms with van der Waals surface area (Å²) in [5, 5.41) is 12.7. The van der Waals surface area contributed by atoms with Crippen molar-refractivity contribution in [3.63, 3.8) is 0 Å². The lowest BCUT2D eigenvalue weighted by atomic mass is 9.85. The van der Waals surface area contributed by atoms with Crippen molar-refractivity contribution in [2.75, 3.05) is 13.1 Å². The van der Waals surface area contributed by atoms with Crippen LogP contribution >= 0.6 is 15.9 Å². The Morgan fingerprint density at radius 2 is 2.13 bits per heavy atom. The fourth-order valence-electron chi connectivity index (χ4n) is 3.25. The molecule has 0 saturated heterocycles. The lowest BCUT2D eigenvalue weighted by Crippen LogP contribution is -2.54. The maximum atomic E-state index is 11.1. The van der Waals surface area contributed by atoms with Gasteiger partial charge in [-0.15, -0.1) is 0 Å². The fraction of sp³-hybridized carbons (Fsp3) is 0.611. The van der Waals surface area contributed by atoms with E-state index in [-0.39, 0.29) is 6.54 Å². The Kier molecular flexibility index (Phi) is 5.39. The van der Waals surface area contributed by atoms with Crippen LogP contribution in [0.25, 0.3) is 0 Å². The van der Waals surface area contributed by atoms with E-state index in [9.17, 15) is 4.79 Å². The number of halogens is 1. The molecule has 0 bridgehead atoms. The summed E-state index contributed by atoms with van der Waals surface area (Å²) in [5.41, 5.74) is 2.54. The standard InChI is InChI=1S/C18H25BrN2O2/c1-12-2-5-14(17(19)6-12)9-20-15-7-16(8-15)21(11-18(22)23)10-13-3-4-13/h2,5-6,13,15-16,20H,3-4,7-11H2,1H3,(H,22,23). The maximum absolute atomic E-state index is 11.1. The van der Waals surface area contributed by atoms with Crippen molar-refractivity contribution in [3.05, 3.63) is 33.8 Å². The number of hydrogen-bond acceptors (Lipinski definition) is 3. The molecule has 4 nitrogen and oxygen atoms in total. The highest BCUT2D eigenvalue weighted by atomic mass is 79.9. The molecule has 3 rings (SSSR count). The molecule has 23 heavy (non-hydrogen) atoms. The van der Waals surface area contributed by atoms with Crippen LogP contribution in [0.15, 0.2) is 22.7 Å². The minimum Gasteiger partial charge on any atom is -0.480 e. The monoisotopic (exact) mass is 380 g/mol. The summed E-state index contributed by atoms with van der Waals surface area (Å²) in [4.78, 5) is 13.2. The third-order valence-electron chi connectivity index (χ3n) is 4.95. The Morgan fingerprint density at radius 1 is 1.39 bits per heavy atom. The van der Waals surface area contributed by atoms with Crippen molar-refractivity contribution in [1.82, 2.24) is 10.2 Å². The zero-order chi connectivity index (χ0) is 16.4. The average molecular weight is 381 g/mol. The Morgan fingerprint density at radius 3 is 2.74 bits per heavy atom. The van der Waals surface area contributed by atoms with Gasteiger partial charge in [0.05, 0.1) is 6.54 Å². The highest BCUT2D eigenvalue weighted by Crippen LogP contribution is 2.34. The van der Waals surface area contributed by atoms with Gasteiger partial charge in [-0.2, -0.15) is 0 Å². The Bertz CT molecular complexity index is 568. The van der Waals surface area contributed by atoms with E-state index in [1.54, 1.807) is 0 Å². The number of aliphatic carboxylic acids is 1. The third-order valence-corrected chi connectivity index (χ3v) is 5.69. The molecular formula is C18H25BrN2O2. The second-order valence-electron chi connectivity index (χ2n) is 7.06. The summed E-state index contributed by atoms with van der Waals surface area (Å²) in [6, 6.07) is 7.38. The molecule has 0 spiro atoms. The number of rotatable bonds is 8. The smallest absolute Gasteiger partial charge is 0.317 e. The van der Waals surface area contributed by atoms with Crippen LogP contribution in [0.5, 0.6) is 0 Å². The summed E-state index contributed by atoms with van der Waals surface area (Å²) in [7, 11) is 0. The lowest BCUT2D eigenvalue weighted by Gasteiger charge is -2.43. The van der Waals surface area contributed by atoms with Crippen LogP contribution in [0, 0.1) is 12.8 Å². The number of carboxylic acid groups (broad SMARTS) is 1. The minimum atomic E-state index is -0.703. The van der Waals surface area contributed by atoms with Crippen LogP contribution in [-0.4, -0.2) is 41.1 Å². The SMILES string of the molecule is Cc1ccc(CNC2CC(N(CC(=O)O)CC3CC3)C2)c(Br)c1. The molecule has 2 saturated carbocycles. The second-order valence-corrected chi connectivity index (χ2v) is 7.92. The van der Waals surface area contributed by atoms with Gasteiger partial charge in [-0.05, 0) is 55.7 Å². The first kappa shape index (κ1) is 16.9. The number of aryl methyl sites for hydroxylation is 1. The molecule has 2 aliphatic rings. The largest absolute Gasteiger partial charge is 0.480 e. The van der Waals surface area contributed by atoms with E-state index < -0.39 is 5.97 Å². The molecule has 5 heteroatoms. The zero-order valence-electron chi connectivity index (χ0n) is 13.6. The molecule has 1 aromatic carbocycles. The summed E-state index contributed by atoms with van der Waals surface area (Å²) in [6.07, 6.45) is 4.66. The molecule has 2 N–H and O–H groups in total. The number of benzene rings is 1. The van der Waals surface area contributed by atoms with Gasteiger partial charge in [0.25, 0.3) is 0 Å². The molecule has 2 fully saturated rings. The van der Waals surface area contributed by atoms with Gasteiger partial charge in [0.15, 0.2) is 0 Å². The van der Waals surface area contributed by atoms with E-state index in [4.69, 9.17) is 5.11 Å². The summed E-state index contributed by atoms with van der Waals surface area (Å²) in [5.74, 6) is 0.0375. The molecule has 0 radical (unpaired) electrons. The van der Waals surface area contributed by atoms with E-state index in [1.807, 2.05) is 0 Å². The van der Waals surface area contributed by atoms with E-state index in [1.165, 1.54) is 24.0 Å². The Hall–Kier alpha value is -0.910. The second kappa shape index (κ2) is 7.32. The zero-order valence-corrected chi connectivity index (χ0v) is 15.2. The molecule has 126 valence electrons. The average Bonchev–Trinajstić information content (AvgIpc) is 3.22. The van der Waals surface area contributed by atoms with Gasteiger partial charge in [0.2, 0.25) is 0 Å². The summed E-state index contributed by atoms with van der Waals surface area (Å²) in [6.45, 7) is 4.11. The van der Waals surface area contributed by atoms with E-state index in [0.29, 0.717) is 12.1 Å². The van der Waals surface area contributed by atoms with Crippen LogP contribution in [0.4, 0.5) is 0 Å². The number of hydrogen-bond donors (Lipinski definition) is 2. The van der Waals surface area contributed by atoms with Gasteiger partial charge in [-0.3, -0.25) is 9.69 Å². The van der Waals surface area contributed by atoms with E-state index >= 15 is 0 Å². The Balaban J connectivity index is 1.44. The van der Waals surface area contributed by atoms with Crippen LogP contribution < -0.4 is 5.32 Å². The van der Waals surface area contributed by atoms with Crippen molar-refractivity contribution < 1.29 is 9.90 Å². The van der Waals surface area contributed by atoms with Gasteiger partial charge in [0.1, 0.15) is 0 Å². The maximum Gasteiger partial charge on any atom is 0.317 e. The van der Waals surface area contributed by atoms with Crippen LogP contribution in [0.3, 0.4) is 0 Å². The molecule has 2 aliphatic carbocycles.